The number of aliphatic hydroxyl groups is 1. The summed E-state index contributed by atoms with van der Waals surface area (Å²) in [4.78, 5) is 10.2. The van der Waals surface area contributed by atoms with E-state index < -0.39 is 12.1 Å². The fourth-order valence-electron chi connectivity index (χ4n) is 1.94. The first-order chi connectivity index (χ1) is 10.2. The van der Waals surface area contributed by atoms with Crippen molar-refractivity contribution < 1.29 is 19.5 Å². The molecule has 0 radical (unpaired) electrons. The Morgan fingerprint density at radius 1 is 0.909 bits per heavy atom. The van der Waals surface area contributed by atoms with Gasteiger partial charge in [-0.05, 0) is 19.3 Å². The Bertz CT molecular complexity index is 243. The lowest BCUT2D eigenvalue weighted by molar-refractivity contribution is -0.849. The van der Waals surface area contributed by atoms with Gasteiger partial charge in [-0.3, -0.25) is 0 Å². The van der Waals surface area contributed by atoms with Crippen molar-refractivity contribution in [2.75, 3.05) is 28.2 Å². The SMILES string of the molecule is CCCCCCCCCCC(O)CCC(=O)[O-].C[N+](C)(C)C. The molecule has 0 amide bonds. The van der Waals surface area contributed by atoms with Gasteiger partial charge in [0.05, 0.1) is 34.3 Å². The number of carboxylic acid groups (broad SMARTS) is 1. The molecule has 0 saturated carbocycles. The summed E-state index contributed by atoms with van der Waals surface area (Å²) in [5.74, 6) is -1.07. The number of carbonyl (C=O) groups is 1. The molecule has 134 valence electrons. The van der Waals surface area contributed by atoms with Crippen LogP contribution in [0, 0.1) is 0 Å². The van der Waals surface area contributed by atoms with Crippen LogP contribution in [0.3, 0.4) is 0 Å². The second-order valence-electron chi connectivity index (χ2n) is 7.51. The minimum atomic E-state index is -1.07. The van der Waals surface area contributed by atoms with E-state index in [-0.39, 0.29) is 6.42 Å². The molecule has 0 bridgehead atoms. The highest BCUT2D eigenvalue weighted by Crippen LogP contribution is 2.12. The minimum absolute atomic E-state index is 0.0296. The summed E-state index contributed by atoms with van der Waals surface area (Å²) in [6, 6.07) is 0. The zero-order chi connectivity index (χ0) is 17.4. The monoisotopic (exact) mass is 317 g/mol. The lowest BCUT2D eigenvalue weighted by Crippen LogP contribution is -2.27. The van der Waals surface area contributed by atoms with Gasteiger partial charge in [-0.25, -0.2) is 0 Å². The Morgan fingerprint density at radius 3 is 1.73 bits per heavy atom. The third kappa shape index (κ3) is 31.7. The van der Waals surface area contributed by atoms with E-state index in [2.05, 4.69) is 35.1 Å². The Labute approximate surface area is 138 Å². The first-order valence-corrected chi connectivity index (χ1v) is 8.83. The molecule has 0 fully saturated rings. The highest BCUT2D eigenvalue weighted by atomic mass is 16.4. The van der Waals surface area contributed by atoms with Gasteiger partial charge in [0.15, 0.2) is 0 Å². The van der Waals surface area contributed by atoms with Crippen LogP contribution in [0.2, 0.25) is 0 Å². The summed E-state index contributed by atoms with van der Waals surface area (Å²) in [6.07, 6.45) is 10.5. The van der Waals surface area contributed by atoms with Crippen molar-refractivity contribution in [2.24, 2.45) is 0 Å². The van der Waals surface area contributed by atoms with Crippen molar-refractivity contribution in [2.45, 2.75) is 83.7 Å². The fraction of sp³-hybridized carbons (Fsp3) is 0.944. The van der Waals surface area contributed by atoms with Crippen molar-refractivity contribution in [3.8, 4) is 0 Å². The third-order valence-corrected chi connectivity index (χ3v) is 3.07. The number of nitrogens with zero attached hydrogens (tertiary/aromatic N) is 1. The van der Waals surface area contributed by atoms with Crippen LogP contribution in [-0.2, 0) is 4.79 Å². The van der Waals surface area contributed by atoms with Crippen LogP contribution in [-0.4, -0.2) is 49.9 Å². The Kier molecular flexibility index (Phi) is 16.4. The molecule has 4 nitrogen and oxygen atoms in total. The molecule has 1 atom stereocenters. The molecule has 0 aromatic carbocycles. The van der Waals surface area contributed by atoms with Crippen LogP contribution in [0.5, 0.6) is 0 Å². The van der Waals surface area contributed by atoms with Gasteiger partial charge in [0.1, 0.15) is 0 Å². The van der Waals surface area contributed by atoms with E-state index in [9.17, 15) is 15.0 Å². The summed E-state index contributed by atoms with van der Waals surface area (Å²) < 4.78 is 1.00. The van der Waals surface area contributed by atoms with Gasteiger partial charge in [-0.2, -0.15) is 0 Å². The number of hydrogen-bond donors (Lipinski definition) is 1. The summed E-state index contributed by atoms with van der Waals surface area (Å²) >= 11 is 0. The topological polar surface area (TPSA) is 60.4 Å². The Hall–Kier alpha value is -0.610. The summed E-state index contributed by atoms with van der Waals surface area (Å²) in [7, 11) is 8.50. The number of quaternary nitrogens is 1. The van der Waals surface area contributed by atoms with Crippen LogP contribution in [0.15, 0.2) is 0 Å². The third-order valence-electron chi connectivity index (χ3n) is 3.07. The number of aliphatic hydroxyl groups excluding tert-OH is 1. The van der Waals surface area contributed by atoms with E-state index in [0.29, 0.717) is 6.42 Å². The standard InChI is InChI=1S/C14H28O3.C4H12N/c1-2-3-4-5-6-7-8-9-10-13(15)11-12-14(16)17;1-5(2,3)4/h13,15H,2-12H2,1H3,(H,16,17);1-4H3/q;+1/p-1. The molecular formula is C18H39NO3. The van der Waals surface area contributed by atoms with Crippen LogP contribution in [0.1, 0.15) is 77.6 Å². The molecule has 0 heterocycles. The van der Waals surface area contributed by atoms with Gasteiger partial charge in [-0.1, -0.05) is 58.3 Å². The second kappa shape index (κ2) is 15.3. The van der Waals surface area contributed by atoms with Gasteiger partial charge >= 0.3 is 0 Å². The maximum Gasteiger partial charge on any atom is 0.0675 e. The first kappa shape index (κ1) is 23.7. The molecule has 0 rings (SSSR count). The van der Waals surface area contributed by atoms with Crippen molar-refractivity contribution >= 4 is 5.97 Å². The van der Waals surface area contributed by atoms with Gasteiger partial charge in [-0.15, -0.1) is 0 Å². The zero-order valence-electron chi connectivity index (χ0n) is 15.6. The summed E-state index contributed by atoms with van der Waals surface area (Å²) in [6.45, 7) is 2.22. The average Bonchev–Trinajstić information content (AvgIpc) is 2.37. The molecule has 0 saturated heterocycles. The predicted molar refractivity (Wildman–Crippen MR) is 91.4 cm³/mol. The van der Waals surface area contributed by atoms with Crippen LogP contribution < -0.4 is 5.11 Å². The molecule has 0 aliphatic heterocycles. The lowest BCUT2D eigenvalue weighted by Gasteiger charge is -2.14. The maximum absolute atomic E-state index is 10.2. The molecule has 0 aliphatic carbocycles. The summed E-state index contributed by atoms with van der Waals surface area (Å²) in [5, 5.41) is 19.7. The van der Waals surface area contributed by atoms with Crippen molar-refractivity contribution in [3.63, 3.8) is 0 Å². The maximum atomic E-state index is 10.2. The molecule has 0 aromatic heterocycles. The van der Waals surface area contributed by atoms with E-state index in [1.54, 1.807) is 0 Å². The summed E-state index contributed by atoms with van der Waals surface area (Å²) in [5.41, 5.74) is 0. The van der Waals surface area contributed by atoms with Crippen molar-refractivity contribution in [1.29, 1.82) is 0 Å². The highest BCUT2D eigenvalue weighted by Gasteiger charge is 2.03. The van der Waals surface area contributed by atoms with E-state index in [4.69, 9.17) is 0 Å². The Balaban J connectivity index is 0. The normalized spacial score (nSPS) is 12.5. The first-order valence-electron chi connectivity index (χ1n) is 8.83. The van der Waals surface area contributed by atoms with Crippen LogP contribution in [0.25, 0.3) is 0 Å². The van der Waals surface area contributed by atoms with Gasteiger partial charge in [0.25, 0.3) is 0 Å². The number of unbranched alkanes of at least 4 members (excludes halogenated alkanes) is 7. The molecule has 4 heteroatoms. The van der Waals surface area contributed by atoms with Crippen LogP contribution >= 0.6 is 0 Å². The lowest BCUT2D eigenvalue weighted by atomic mass is 10.0. The quantitative estimate of drug-likeness (QED) is 0.445. The van der Waals surface area contributed by atoms with Crippen molar-refractivity contribution in [3.05, 3.63) is 0 Å². The van der Waals surface area contributed by atoms with E-state index >= 15 is 0 Å². The molecule has 22 heavy (non-hydrogen) atoms. The number of carboxylic acids is 1. The number of rotatable bonds is 12. The van der Waals surface area contributed by atoms with Gasteiger partial charge in [0.2, 0.25) is 0 Å². The van der Waals surface area contributed by atoms with Crippen molar-refractivity contribution in [1.82, 2.24) is 0 Å². The van der Waals surface area contributed by atoms with E-state index in [1.807, 2.05) is 0 Å². The molecule has 0 aliphatic rings. The predicted octanol–water partition coefficient (Wildman–Crippen LogP) is 2.73. The molecule has 1 N–H and O–H groups in total. The minimum Gasteiger partial charge on any atom is -0.550 e. The smallest absolute Gasteiger partial charge is 0.0675 e. The largest absolute Gasteiger partial charge is 0.550 e. The molecule has 0 spiro atoms. The second-order valence-corrected chi connectivity index (χ2v) is 7.51. The number of hydrogen-bond acceptors (Lipinski definition) is 3. The van der Waals surface area contributed by atoms with E-state index in [0.717, 1.165) is 23.7 Å². The Morgan fingerprint density at radius 2 is 1.32 bits per heavy atom. The molecule has 1 unspecified atom stereocenters. The number of carbonyl (C=O) groups excluding carboxylic acids is 1. The highest BCUT2D eigenvalue weighted by molar-refractivity contribution is 5.64. The fourth-order valence-corrected chi connectivity index (χ4v) is 1.94. The zero-order valence-corrected chi connectivity index (χ0v) is 15.6. The van der Waals surface area contributed by atoms with E-state index in [1.165, 1.54) is 38.5 Å². The molecule has 0 aromatic rings. The van der Waals surface area contributed by atoms with Crippen LogP contribution in [0.4, 0.5) is 0 Å². The van der Waals surface area contributed by atoms with Gasteiger partial charge < -0.3 is 19.5 Å². The average molecular weight is 318 g/mol. The number of aliphatic carboxylic acids is 1. The van der Waals surface area contributed by atoms with Gasteiger partial charge in [0, 0.05) is 5.97 Å². The molecular weight excluding hydrogens is 278 g/mol.